The molecule has 0 heterocycles. The zero-order chi connectivity index (χ0) is 11.4. The molecule has 3 heteroatoms. The van der Waals surface area contributed by atoms with Crippen LogP contribution < -0.4 is 0 Å². The van der Waals surface area contributed by atoms with Crippen molar-refractivity contribution in [3.8, 4) is 0 Å². The molecule has 0 unspecified atom stereocenters. The third kappa shape index (κ3) is 6.10. The third-order valence-corrected chi connectivity index (χ3v) is 3.57. The lowest BCUT2D eigenvalue weighted by Crippen LogP contribution is -2.39. The highest BCUT2D eigenvalue weighted by Crippen LogP contribution is 2.22. The molecule has 0 aromatic carbocycles. The van der Waals surface area contributed by atoms with Crippen LogP contribution in [0.3, 0.4) is 0 Å². The summed E-state index contributed by atoms with van der Waals surface area (Å²) >= 11 is 11.8. The van der Waals surface area contributed by atoms with E-state index in [-0.39, 0.29) is 10.8 Å². The van der Waals surface area contributed by atoms with Crippen LogP contribution in [-0.4, -0.2) is 36.8 Å². The molecule has 0 bridgehead atoms. The summed E-state index contributed by atoms with van der Waals surface area (Å²) in [6.07, 6.45) is 0. The van der Waals surface area contributed by atoms with Gasteiger partial charge in [0.25, 0.3) is 0 Å². The molecule has 0 amide bonds. The van der Waals surface area contributed by atoms with Crippen LogP contribution in [0.4, 0.5) is 0 Å². The lowest BCUT2D eigenvalue weighted by molar-refractivity contribution is 0.175. The first-order chi connectivity index (χ1) is 6.22. The lowest BCUT2D eigenvalue weighted by atomic mass is 9.92. The van der Waals surface area contributed by atoms with Gasteiger partial charge in [-0.05, 0) is 17.9 Å². The third-order valence-electron chi connectivity index (χ3n) is 2.12. The van der Waals surface area contributed by atoms with Gasteiger partial charge in [-0.2, -0.15) is 0 Å². The summed E-state index contributed by atoms with van der Waals surface area (Å²) in [5.41, 5.74) is 0.359. The van der Waals surface area contributed by atoms with Gasteiger partial charge in [0, 0.05) is 24.8 Å². The Balaban J connectivity index is 4.04. The fourth-order valence-corrected chi connectivity index (χ4v) is 1.77. The molecule has 0 saturated heterocycles. The maximum Gasteiger partial charge on any atom is 0.0286 e. The number of hydrogen-bond acceptors (Lipinski definition) is 1. The molecule has 0 fully saturated rings. The van der Waals surface area contributed by atoms with E-state index in [4.69, 9.17) is 23.2 Å². The maximum absolute atomic E-state index is 5.89. The van der Waals surface area contributed by atoms with E-state index in [1.54, 1.807) is 0 Å². The van der Waals surface area contributed by atoms with Crippen molar-refractivity contribution < 1.29 is 0 Å². The molecule has 0 spiro atoms. The Morgan fingerprint density at radius 1 is 0.857 bits per heavy atom. The summed E-state index contributed by atoms with van der Waals surface area (Å²) in [6.45, 7) is 10.8. The fourth-order valence-electron chi connectivity index (χ4n) is 1.60. The monoisotopic (exact) mass is 239 g/mol. The standard InChI is InChI=1S/C11H23Cl2N/c1-10(2,6-12)8-14(5)9-11(3,4)7-13/h6-9H2,1-5H3. The van der Waals surface area contributed by atoms with Crippen LogP contribution in [-0.2, 0) is 0 Å². The van der Waals surface area contributed by atoms with Crippen LogP contribution in [0.25, 0.3) is 0 Å². The molecule has 0 aromatic rings. The summed E-state index contributed by atoms with van der Waals surface area (Å²) < 4.78 is 0. The van der Waals surface area contributed by atoms with E-state index in [9.17, 15) is 0 Å². The number of halogens is 2. The smallest absolute Gasteiger partial charge is 0.0286 e. The summed E-state index contributed by atoms with van der Waals surface area (Å²) in [7, 11) is 2.13. The second-order valence-electron chi connectivity index (χ2n) is 5.77. The Morgan fingerprint density at radius 3 is 1.36 bits per heavy atom. The van der Waals surface area contributed by atoms with Crippen LogP contribution in [0.15, 0.2) is 0 Å². The molecular weight excluding hydrogens is 217 g/mol. The Kier molecular flexibility index (Phi) is 5.79. The molecule has 0 saturated carbocycles. The predicted octanol–water partition coefficient (Wildman–Crippen LogP) is 3.45. The number of nitrogens with zero attached hydrogens (tertiary/aromatic N) is 1. The lowest BCUT2D eigenvalue weighted by Gasteiger charge is -2.33. The number of hydrogen-bond donors (Lipinski definition) is 0. The van der Waals surface area contributed by atoms with Crippen molar-refractivity contribution in [1.29, 1.82) is 0 Å². The zero-order valence-corrected chi connectivity index (χ0v) is 11.5. The first-order valence-corrected chi connectivity index (χ1v) is 6.10. The van der Waals surface area contributed by atoms with E-state index in [1.807, 2.05) is 0 Å². The van der Waals surface area contributed by atoms with Crippen molar-refractivity contribution >= 4 is 23.2 Å². The van der Waals surface area contributed by atoms with E-state index in [0.29, 0.717) is 11.8 Å². The van der Waals surface area contributed by atoms with Gasteiger partial charge >= 0.3 is 0 Å². The molecule has 0 aliphatic rings. The topological polar surface area (TPSA) is 3.24 Å². The van der Waals surface area contributed by atoms with Crippen molar-refractivity contribution in [2.45, 2.75) is 27.7 Å². The van der Waals surface area contributed by atoms with Crippen LogP contribution in [0.5, 0.6) is 0 Å². The second kappa shape index (κ2) is 5.58. The normalized spacial score (nSPS) is 13.7. The summed E-state index contributed by atoms with van der Waals surface area (Å²) in [5, 5.41) is 0. The minimum absolute atomic E-state index is 0.179. The van der Waals surface area contributed by atoms with Crippen molar-refractivity contribution in [3.63, 3.8) is 0 Å². The van der Waals surface area contributed by atoms with Gasteiger partial charge in [0.2, 0.25) is 0 Å². The highest BCUT2D eigenvalue weighted by molar-refractivity contribution is 6.18. The first kappa shape index (κ1) is 14.5. The van der Waals surface area contributed by atoms with Crippen LogP contribution >= 0.6 is 23.2 Å². The van der Waals surface area contributed by atoms with E-state index in [0.717, 1.165) is 13.1 Å². The Labute approximate surface area is 98.8 Å². The summed E-state index contributed by atoms with van der Waals surface area (Å²) in [6, 6.07) is 0. The minimum atomic E-state index is 0.179. The quantitative estimate of drug-likeness (QED) is 0.643. The number of rotatable bonds is 6. The zero-order valence-electron chi connectivity index (χ0n) is 10.0. The van der Waals surface area contributed by atoms with Crippen molar-refractivity contribution in [3.05, 3.63) is 0 Å². The van der Waals surface area contributed by atoms with E-state index in [1.165, 1.54) is 0 Å². The van der Waals surface area contributed by atoms with Crippen molar-refractivity contribution in [2.24, 2.45) is 10.8 Å². The van der Waals surface area contributed by atoms with Crippen molar-refractivity contribution in [1.82, 2.24) is 4.90 Å². The van der Waals surface area contributed by atoms with E-state index in [2.05, 4.69) is 39.6 Å². The number of alkyl halides is 2. The van der Waals surface area contributed by atoms with E-state index >= 15 is 0 Å². The Morgan fingerprint density at radius 2 is 1.14 bits per heavy atom. The van der Waals surface area contributed by atoms with Gasteiger partial charge in [0.05, 0.1) is 0 Å². The molecule has 0 aliphatic carbocycles. The average molecular weight is 240 g/mol. The van der Waals surface area contributed by atoms with Gasteiger partial charge in [-0.3, -0.25) is 0 Å². The van der Waals surface area contributed by atoms with Gasteiger partial charge in [-0.15, -0.1) is 23.2 Å². The van der Waals surface area contributed by atoms with E-state index < -0.39 is 0 Å². The molecule has 0 radical (unpaired) electrons. The van der Waals surface area contributed by atoms with Crippen molar-refractivity contribution in [2.75, 3.05) is 31.9 Å². The molecule has 0 aromatic heterocycles. The predicted molar refractivity (Wildman–Crippen MR) is 66.5 cm³/mol. The highest BCUT2D eigenvalue weighted by atomic mass is 35.5. The Bertz CT molecular complexity index is 149. The molecule has 0 atom stereocenters. The SMILES string of the molecule is CN(CC(C)(C)CCl)CC(C)(C)CCl. The summed E-state index contributed by atoms with van der Waals surface area (Å²) in [4.78, 5) is 2.31. The van der Waals surface area contributed by atoms with Gasteiger partial charge in [-0.25, -0.2) is 0 Å². The first-order valence-electron chi connectivity index (χ1n) is 5.03. The molecule has 1 nitrogen and oxygen atoms in total. The second-order valence-corrected chi connectivity index (χ2v) is 6.30. The van der Waals surface area contributed by atoms with Crippen LogP contribution in [0.2, 0.25) is 0 Å². The maximum atomic E-state index is 5.89. The van der Waals surface area contributed by atoms with Gasteiger partial charge in [0.15, 0.2) is 0 Å². The highest BCUT2D eigenvalue weighted by Gasteiger charge is 2.23. The molecule has 86 valence electrons. The fraction of sp³-hybridized carbons (Fsp3) is 1.00. The molecule has 0 N–H and O–H groups in total. The molecular formula is C11H23Cl2N. The molecule has 0 rings (SSSR count). The van der Waals surface area contributed by atoms with Gasteiger partial charge in [0.1, 0.15) is 0 Å². The van der Waals surface area contributed by atoms with Crippen LogP contribution in [0.1, 0.15) is 27.7 Å². The molecule has 0 aliphatic heterocycles. The average Bonchev–Trinajstić information content (AvgIpc) is 2.02. The van der Waals surface area contributed by atoms with Gasteiger partial charge < -0.3 is 4.90 Å². The largest absolute Gasteiger partial charge is 0.305 e. The Hall–Kier alpha value is 0.540. The van der Waals surface area contributed by atoms with Gasteiger partial charge in [-0.1, -0.05) is 27.7 Å². The summed E-state index contributed by atoms with van der Waals surface area (Å²) in [5.74, 6) is 1.39. The molecule has 14 heavy (non-hydrogen) atoms. The minimum Gasteiger partial charge on any atom is -0.305 e. The van der Waals surface area contributed by atoms with Crippen LogP contribution in [0, 0.1) is 10.8 Å².